The first kappa shape index (κ1) is 13.9. The molecule has 0 saturated heterocycles. The van der Waals surface area contributed by atoms with Gasteiger partial charge in [-0.05, 0) is 43.1 Å². The first-order chi connectivity index (χ1) is 8.20. The molecule has 0 amide bonds. The van der Waals surface area contributed by atoms with Gasteiger partial charge < -0.3 is 10.8 Å². The third-order valence-corrected chi connectivity index (χ3v) is 4.89. The number of hydrogen-bond donors (Lipinski definition) is 2. The second-order valence-electron chi connectivity index (χ2n) is 5.79. The summed E-state index contributed by atoms with van der Waals surface area (Å²) in [4.78, 5) is 0. The second kappa shape index (κ2) is 5.20. The summed E-state index contributed by atoms with van der Waals surface area (Å²) >= 11 is 0. The molecule has 0 aliphatic heterocycles. The lowest BCUT2D eigenvalue weighted by Gasteiger charge is -2.53. The van der Waals surface area contributed by atoms with Crippen molar-refractivity contribution in [2.24, 2.45) is 17.6 Å². The Morgan fingerprint density at radius 3 is 2.28 bits per heavy atom. The van der Waals surface area contributed by atoms with Crippen molar-refractivity contribution in [3.05, 3.63) is 35.9 Å². The number of benzene rings is 1. The Hall–Kier alpha value is -0.570. The van der Waals surface area contributed by atoms with Crippen LogP contribution in [0.25, 0.3) is 0 Å². The molecule has 3 heteroatoms. The Bertz CT molecular complexity index is 385. The molecular formula is C15H22ClNO. The van der Waals surface area contributed by atoms with Gasteiger partial charge in [-0.25, -0.2) is 0 Å². The van der Waals surface area contributed by atoms with E-state index in [0.29, 0.717) is 11.8 Å². The van der Waals surface area contributed by atoms with E-state index in [1.807, 2.05) is 18.2 Å². The molecule has 4 rings (SSSR count). The maximum Gasteiger partial charge on any atom is 0.0868 e. The van der Waals surface area contributed by atoms with E-state index in [0.717, 1.165) is 19.3 Å². The first-order valence-electron chi connectivity index (χ1n) is 6.72. The van der Waals surface area contributed by atoms with Gasteiger partial charge in [0.25, 0.3) is 0 Å². The zero-order valence-corrected chi connectivity index (χ0v) is 11.4. The van der Waals surface area contributed by atoms with Crippen LogP contribution in [0.2, 0.25) is 0 Å². The van der Waals surface area contributed by atoms with Crippen LogP contribution in [0.4, 0.5) is 0 Å². The van der Waals surface area contributed by atoms with Crippen LogP contribution >= 0.6 is 12.4 Å². The average molecular weight is 268 g/mol. The molecule has 0 aromatic heterocycles. The van der Waals surface area contributed by atoms with Crippen molar-refractivity contribution < 1.29 is 5.11 Å². The summed E-state index contributed by atoms with van der Waals surface area (Å²) in [7, 11) is 0. The van der Waals surface area contributed by atoms with E-state index in [-0.39, 0.29) is 18.4 Å². The first-order valence-corrected chi connectivity index (χ1v) is 6.72. The van der Waals surface area contributed by atoms with E-state index in [1.165, 1.54) is 18.4 Å². The van der Waals surface area contributed by atoms with Crippen molar-refractivity contribution in [3.63, 3.8) is 0 Å². The van der Waals surface area contributed by atoms with Crippen molar-refractivity contribution >= 4 is 12.4 Å². The van der Waals surface area contributed by atoms with Crippen LogP contribution in [0.5, 0.6) is 0 Å². The molecule has 3 fully saturated rings. The van der Waals surface area contributed by atoms with E-state index in [1.54, 1.807) is 0 Å². The van der Waals surface area contributed by atoms with Gasteiger partial charge in [0.15, 0.2) is 0 Å². The highest BCUT2D eigenvalue weighted by Gasteiger charge is 2.51. The van der Waals surface area contributed by atoms with Crippen LogP contribution in [-0.2, 0) is 6.42 Å². The maximum atomic E-state index is 11.0. The fourth-order valence-corrected chi connectivity index (χ4v) is 3.84. The molecule has 2 nitrogen and oxygen atoms in total. The zero-order chi connectivity index (χ0) is 11.9. The molecule has 0 spiro atoms. The average Bonchev–Trinajstić information content (AvgIpc) is 2.37. The number of fused-ring (bicyclic) bond motifs is 3. The molecule has 3 saturated carbocycles. The molecule has 3 aliphatic carbocycles. The molecular weight excluding hydrogens is 246 g/mol. The molecule has 3 N–H and O–H groups in total. The highest BCUT2D eigenvalue weighted by atomic mass is 35.5. The van der Waals surface area contributed by atoms with Gasteiger partial charge in [-0.15, -0.1) is 12.4 Å². The molecule has 2 atom stereocenters. The van der Waals surface area contributed by atoms with E-state index in [9.17, 15) is 5.11 Å². The molecule has 3 aliphatic rings. The Balaban J connectivity index is 0.00000120. The monoisotopic (exact) mass is 267 g/mol. The lowest BCUT2D eigenvalue weighted by molar-refractivity contribution is -0.114. The van der Waals surface area contributed by atoms with Crippen molar-refractivity contribution in [2.75, 3.05) is 0 Å². The number of aliphatic hydroxyl groups is 1. The van der Waals surface area contributed by atoms with Gasteiger partial charge in [0.1, 0.15) is 0 Å². The number of nitrogens with two attached hydrogens (primary N) is 1. The molecule has 2 bridgehead atoms. The third-order valence-electron chi connectivity index (χ3n) is 4.89. The summed E-state index contributed by atoms with van der Waals surface area (Å²) in [5, 5.41) is 11.0. The van der Waals surface area contributed by atoms with Gasteiger partial charge in [-0.2, -0.15) is 0 Å². The van der Waals surface area contributed by atoms with Crippen LogP contribution in [0.1, 0.15) is 31.2 Å². The van der Waals surface area contributed by atoms with Crippen molar-refractivity contribution in [3.8, 4) is 0 Å². The van der Waals surface area contributed by atoms with E-state index in [2.05, 4.69) is 12.1 Å². The normalized spacial score (nSPS) is 38.2. The van der Waals surface area contributed by atoms with Gasteiger partial charge in [0.05, 0.1) is 5.60 Å². The summed E-state index contributed by atoms with van der Waals surface area (Å²) in [5.41, 5.74) is 6.84. The fourth-order valence-electron chi connectivity index (χ4n) is 3.84. The lowest BCUT2D eigenvalue weighted by Crippen LogP contribution is -2.63. The summed E-state index contributed by atoms with van der Waals surface area (Å²) in [6.45, 7) is 0. The van der Waals surface area contributed by atoms with E-state index < -0.39 is 5.60 Å². The number of halogens is 1. The Morgan fingerprint density at radius 1 is 1.11 bits per heavy atom. The third kappa shape index (κ3) is 2.18. The summed E-state index contributed by atoms with van der Waals surface area (Å²) in [6.07, 6.45) is 5.45. The maximum absolute atomic E-state index is 11.0. The molecule has 1 aromatic rings. The Labute approximate surface area is 115 Å². The molecule has 0 heterocycles. The van der Waals surface area contributed by atoms with Crippen LogP contribution in [0.15, 0.2) is 30.3 Å². The van der Waals surface area contributed by atoms with E-state index >= 15 is 0 Å². The topological polar surface area (TPSA) is 46.2 Å². The summed E-state index contributed by atoms with van der Waals surface area (Å²) in [6, 6.07) is 10.2. The van der Waals surface area contributed by atoms with Crippen LogP contribution in [0.3, 0.4) is 0 Å². The molecule has 1 aromatic carbocycles. The Morgan fingerprint density at radius 2 is 1.72 bits per heavy atom. The minimum Gasteiger partial charge on any atom is -0.388 e. The van der Waals surface area contributed by atoms with Gasteiger partial charge in [0.2, 0.25) is 0 Å². The minimum absolute atomic E-state index is 0. The lowest BCUT2D eigenvalue weighted by atomic mass is 9.58. The van der Waals surface area contributed by atoms with Crippen LogP contribution < -0.4 is 5.73 Å². The zero-order valence-electron chi connectivity index (χ0n) is 10.6. The minimum atomic E-state index is -0.664. The van der Waals surface area contributed by atoms with E-state index in [4.69, 9.17) is 5.73 Å². The molecule has 0 radical (unpaired) electrons. The smallest absolute Gasteiger partial charge is 0.0868 e. The quantitative estimate of drug-likeness (QED) is 0.865. The summed E-state index contributed by atoms with van der Waals surface area (Å²) in [5.74, 6) is 0.941. The molecule has 2 unspecified atom stereocenters. The SMILES string of the molecule is Cl.NC1C2CCC(CC2)C1(O)Cc1ccccc1. The second-order valence-corrected chi connectivity index (χ2v) is 5.79. The van der Waals surface area contributed by atoms with Gasteiger partial charge in [0, 0.05) is 12.5 Å². The highest BCUT2D eigenvalue weighted by Crippen LogP contribution is 2.47. The number of hydrogen-bond acceptors (Lipinski definition) is 2. The van der Waals surface area contributed by atoms with Crippen molar-refractivity contribution in [1.29, 1.82) is 0 Å². The highest BCUT2D eigenvalue weighted by molar-refractivity contribution is 5.85. The largest absolute Gasteiger partial charge is 0.388 e. The predicted octanol–water partition coefficient (Wildman–Crippen LogP) is 2.53. The Kier molecular flexibility index (Phi) is 4.00. The van der Waals surface area contributed by atoms with Crippen molar-refractivity contribution in [2.45, 2.75) is 43.7 Å². The molecule has 100 valence electrons. The fraction of sp³-hybridized carbons (Fsp3) is 0.600. The standard InChI is InChI=1S/C15H21NO.ClH/c16-14-12-6-8-13(9-7-12)15(14,17)10-11-4-2-1-3-5-11;/h1-5,12-14,17H,6-10,16H2;1H. The summed E-state index contributed by atoms with van der Waals surface area (Å²) < 4.78 is 0. The van der Waals surface area contributed by atoms with Gasteiger partial charge in [-0.3, -0.25) is 0 Å². The van der Waals surface area contributed by atoms with Gasteiger partial charge in [-0.1, -0.05) is 30.3 Å². The van der Waals surface area contributed by atoms with Crippen LogP contribution in [-0.4, -0.2) is 16.7 Å². The predicted molar refractivity (Wildman–Crippen MR) is 75.8 cm³/mol. The molecule has 18 heavy (non-hydrogen) atoms. The number of rotatable bonds is 2. The van der Waals surface area contributed by atoms with Gasteiger partial charge >= 0.3 is 0 Å². The van der Waals surface area contributed by atoms with Crippen molar-refractivity contribution in [1.82, 2.24) is 0 Å². The van der Waals surface area contributed by atoms with Crippen LogP contribution in [0, 0.1) is 11.8 Å².